The number of anilines is 2. The van der Waals surface area contributed by atoms with E-state index in [1.165, 1.54) is 0 Å². The molecule has 1 aliphatic rings. The maximum atomic E-state index is 13.3. The third-order valence-electron chi connectivity index (χ3n) is 6.99. The summed E-state index contributed by atoms with van der Waals surface area (Å²) >= 11 is 12.2. The van der Waals surface area contributed by atoms with E-state index in [4.69, 9.17) is 28.9 Å². The van der Waals surface area contributed by atoms with Crippen molar-refractivity contribution in [2.75, 3.05) is 43.4 Å². The summed E-state index contributed by atoms with van der Waals surface area (Å²) in [4.78, 5) is 28.8. The molecule has 1 unspecified atom stereocenters. The van der Waals surface area contributed by atoms with Crippen LogP contribution in [0, 0.1) is 0 Å². The molecule has 0 radical (unpaired) electrons. The third kappa shape index (κ3) is 6.63. The maximum absolute atomic E-state index is 13.3. The predicted molar refractivity (Wildman–Crippen MR) is 160 cm³/mol. The molecule has 0 saturated carbocycles. The molecule has 0 bridgehead atoms. The van der Waals surface area contributed by atoms with Crippen LogP contribution < -0.4 is 21.7 Å². The minimum atomic E-state index is -0.507. The number of benzene rings is 3. The van der Waals surface area contributed by atoms with Crippen molar-refractivity contribution in [3.8, 4) is 0 Å². The monoisotopic (exact) mass is 579 g/mol. The topological polar surface area (TPSA) is 128 Å². The molecule has 3 aromatic carbocycles. The van der Waals surface area contributed by atoms with Crippen LogP contribution in [0.15, 0.2) is 60.7 Å². The van der Waals surface area contributed by atoms with Crippen molar-refractivity contribution in [3.05, 3.63) is 87.4 Å². The lowest BCUT2D eigenvalue weighted by molar-refractivity contribution is -0.117. The molecule has 4 aromatic rings. The summed E-state index contributed by atoms with van der Waals surface area (Å²) < 4.78 is 0. The van der Waals surface area contributed by atoms with E-state index in [0.717, 1.165) is 49.4 Å². The van der Waals surface area contributed by atoms with Crippen molar-refractivity contribution in [1.82, 2.24) is 20.4 Å². The number of aromatic nitrogens is 2. The molecule has 40 heavy (non-hydrogen) atoms. The highest BCUT2D eigenvalue weighted by molar-refractivity contribution is 6.42. The predicted octanol–water partition coefficient (Wildman–Crippen LogP) is 4.60. The average Bonchev–Trinajstić information content (AvgIpc) is 3.35. The molecular formula is C29H31Cl2N7O2. The van der Waals surface area contributed by atoms with Crippen molar-refractivity contribution >= 4 is 57.4 Å². The lowest BCUT2D eigenvalue weighted by Crippen LogP contribution is -2.42. The molecule has 0 spiro atoms. The number of nitrogens with one attached hydrogen (secondary N) is 4. The number of carbonyl (C=O) groups excluding carboxylic acids is 2. The zero-order valence-corrected chi connectivity index (χ0v) is 23.4. The van der Waals surface area contributed by atoms with Crippen LogP contribution in [-0.4, -0.2) is 59.6 Å². The van der Waals surface area contributed by atoms with Crippen molar-refractivity contribution in [2.24, 2.45) is 5.73 Å². The van der Waals surface area contributed by atoms with Crippen molar-refractivity contribution in [2.45, 2.75) is 18.9 Å². The summed E-state index contributed by atoms with van der Waals surface area (Å²) in [6.07, 6.45) is 0.437. The lowest BCUT2D eigenvalue weighted by Gasteiger charge is -2.27. The first-order valence-electron chi connectivity index (χ1n) is 13.2. The van der Waals surface area contributed by atoms with Crippen LogP contribution in [0.3, 0.4) is 0 Å². The van der Waals surface area contributed by atoms with Crippen LogP contribution in [0.4, 0.5) is 11.5 Å². The van der Waals surface area contributed by atoms with Crippen LogP contribution in [-0.2, 0) is 11.3 Å². The van der Waals surface area contributed by atoms with E-state index in [9.17, 15) is 9.59 Å². The van der Waals surface area contributed by atoms with E-state index in [-0.39, 0.29) is 11.8 Å². The van der Waals surface area contributed by atoms with Crippen molar-refractivity contribution < 1.29 is 9.59 Å². The van der Waals surface area contributed by atoms with Crippen LogP contribution in [0.5, 0.6) is 0 Å². The van der Waals surface area contributed by atoms with E-state index in [0.29, 0.717) is 45.5 Å². The van der Waals surface area contributed by atoms with Crippen LogP contribution in [0.2, 0.25) is 10.0 Å². The molecular weight excluding hydrogens is 549 g/mol. The van der Waals surface area contributed by atoms with E-state index in [2.05, 4.69) is 31.0 Å². The van der Waals surface area contributed by atoms with Gasteiger partial charge in [-0.1, -0.05) is 41.4 Å². The number of nitrogens with zero attached hydrogens (tertiary/aromatic N) is 2. The molecule has 208 valence electrons. The third-order valence-corrected chi connectivity index (χ3v) is 7.72. The van der Waals surface area contributed by atoms with E-state index in [1.54, 1.807) is 42.5 Å². The highest BCUT2D eigenvalue weighted by Crippen LogP contribution is 2.30. The Labute approximate surface area is 242 Å². The molecule has 1 aromatic heterocycles. The fraction of sp³-hybridized carbons (Fsp3) is 0.276. The fourth-order valence-electron chi connectivity index (χ4n) is 4.88. The van der Waals surface area contributed by atoms with Gasteiger partial charge < -0.3 is 21.7 Å². The van der Waals surface area contributed by atoms with E-state index in [1.807, 2.05) is 18.2 Å². The number of fused-ring (bicyclic) bond motifs is 1. The largest absolute Gasteiger partial charge is 0.330 e. The van der Waals surface area contributed by atoms with Gasteiger partial charge in [0.25, 0.3) is 5.91 Å². The first kappa shape index (κ1) is 28.1. The number of H-pyrrole nitrogens is 1. The number of aromatic amines is 1. The van der Waals surface area contributed by atoms with Gasteiger partial charge in [-0.3, -0.25) is 19.6 Å². The van der Waals surface area contributed by atoms with Gasteiger partial charge in [-0.05, 0) is 66.6 Å². The molecule has 0 aliphatic carbocycles. The molecule has 1 fully saturated rings. The standard InChI is InChI=1S/C29H31Cl2N7O2/c30-24-6-4-19(15-25(24)31)22(8-9-32)29(40)34-21-5-7-26-23(16-21)27(37-36-26)35-28(39)20-3-1-2-18(14-20)17-38-12-10-33-11-13-38/h1-7,14-16,22,33H,8-13,17,32H2,(H,34,40)(H2,35,36,37,39). The first-order chi connectivity index (χ1) is 19.4. The molecule has 1 atom stereocenters. The summed E-state index contributed by atoms with van der Waals surface area (Å²) in [5, 5.41) is 17.9. The van der Waals surface area contributed by atoms with Crippen LogP contribution in [0.1, 0.15) is 33.8 Å². The second kappa shape index (κ2) is 12.8. The summed E-state index contributed by atoms with van der Waals surface area (Å²) in [5.41, 5.74) is 9.46. The van der Waals surface area contributed by atoms with Gasteiger partial charge in [-0.15, -0.1) is 0 Å². The van der Waals surface area contributed by atoms with E-state index >= 15 is 0 Å². The van der Waals surface area contributed by atoms with Gasteiger partial charge in [0, 0.05) is 49.4 Å². The first-order valence-corrected chi connectivity index (χ1v) is 13.9. The number of halogens is 2. The number of carbonyl (C=O) groups is 2. The lowest BCUT2D eigenvalue weighted by atomic mass is 9.94. The number of hydrogen-bond donors (Lipinski definition) is 5. The Morgan fingerprint density at radius 1 is 1.00 bits per heavy atom. The molecule has 1 aliphatic heterocycles. The Kier molecular flexibility index (Phi) is 8.98. The Hall–Kier alpha value is -3.47. The Bertz CT molecular complexity index is 1520. The summed E-state index contributed by atoms with van der Waals surface area (Å²) in [5.74, 6) is -0.606. The number of rotatable bonds is 9. The molecule has 11 heteroatoms. The average molecular weight is 581 g/mol. The summed E-state index contributed by atoms with van der Waals surface area (Å²) in [7, 11) is 0. The highest BCUT2D eigenvalue weighted by Gasteiger charge is 2.22. The number of piperazine rings is 1. The van der Waals surface area contributed by atoms with Crippen molar-refractivity contribution in [1.29, 1.82) is 0 Å². The number of nitrogens with two attached hydrogens (primary N) is 1. The quantitative estimate of drug-likeness (QED) is 0.197. The zero-order chi connectivity index (χ0) is 28.1. The van der Waals surface area contributed by atoms with Crippen LogP contribution in [0.25, 0.3) is 10.9 Å². The Morgan fingerprint density at radius 2 is 1.82 bits per heavy atom. The maximum Gasteiger partial charge on any atom is 0.256 e. The number of hydrogen-bond acceptors (Lipinski definition) is 6. The molecule has 9 nitrogen and oxygen atoms in total. The highest BCUT2D eigenvalue weighted by atomic mass is 35.5. The van der Waals surface area contributed by atoms with Crippen LogP contribution >= 0.6 is 23.2 Å². The summed E-state index contributed by atoms with van der Waals surface area (Å²) in [6, 6.07) is 18.1. The van der Waals surface area contributed by atoms with Gasteiger partial charge in [0.2, 0.25) is 5.91 Å². The van der Waals surface area contributed by atoms with Gasteiger partial charge in [-0.25, -0.2) is 0 Å². The van der Waals surface area contributed by atoms with Gasteiger partial charge in [-0.2, -0.15) is 5.10 Å². The Morgan fingerprint density at radius 3 is 2.60 bits per heavy atom. The minimum absolute atomic E-state index is 0.224. The second-order valence-corrected chi connectivity index (χ2v) is 10.6. The smallest absolute Gasteiger partial charge is 0.256 e. The van der Waals surface area contributed by atoms with Gasteiger partial charge in [0.1, 0.15) is 0 Å². The Balaban J connectivity index is 1.30. The SMILES string of the molecule is NCCC(C(=O)Nc1ccc2[nH]nc(NC(=O)c3cccc(CN4CCNCC4)c3)c2c1)c1ccc(Cl)c(Cl)c1. The summed E-state index contributed by atoms with van der Waals surface area (Å²) in [6.45, 7) is 5.02. The molecule has 6 N–H and O–H groups in total. The van der Waals surface area contributed by atoms with Gasteiger partial charge >= 0.3 is 0 Å². The second-order valence-electron chi connectivity index (χ2n) is 9.81. The van der Waals surface area contributed by atoms with Crippen molar-refractivity contribution in [3.63, 3.8) is 0 Å². The van der Waals surface area contributed by atoms with Gasteiger partial charge in [0.05, 0.1) is 21.5 Å². The molecule has 2 heterocycles. The molecule has 5 rings (SSSR count). The number of amides is 2. The molecule has 2 amide bonds. The van der Waals surface area contributed by atoms with E-state index < -0.39 is 5.92 Å². The fourth-order valence-corrected chi connectivity index (χ4v) is 5.19. The normalized spacial score (nSPS) is 14.7. The minimum Gasteiger partial charge on any atom is -0.330 e. The zero-order valence-electron chi connectivity index (χ0n) is 21.8. The van der Waals surface area contributed by atoms with Gasteiger partial charge in [0.15, 0.2) is 5.82 Å². The molecule has 1 saturated heterocycles.